The average Bonchev–Trinajstić information content (AvgIpc) is 2.43. The monoisotopic (exact) mass is 262 g/mol. The molecule has 2 heterocycles. The lowest BCUT2D eigenvalue weighted by Gasteiger charge is -2.38. The van der Waals surface area contributed by atoms with Crippen LogP contribution in [-0.4, -0.2) is 49.2 Å². The number of rotatable bonds is 5. The van der Waals surface area contributed by atoms with E-state index in [1.807, 2.05) is 0 Å². The van der Waals surface area contributed by atoms with E-state index in [1.54, 1.807) is 0 Å². The molecule has 0 aliphatic carbocycles. The van der Waals surface area contributed by atoms with Gasteiger partial charge in [-0.05, 0) is 39.1 Å². The van der Waals surface area contributed by atoms with Crippen molar-refractivity contribution < 1.29 is 0 Å². The van der Waals surface area contributed by atoms with Crippen LogP contribution in [0.4, 0.5) is 5.82 Å². The summed E-state index contributed by atoms with van der Waals surface area (Å²) in [6.07, 6.45) is 1.16. The molecule has 0 radical (unpaired) electrons. The molecule has 0 aromatic carbocycles. The van der Waals surface area contributed by atoms with E-state index in [0.717, 1.165) is 50.7 Å². The summed E-state index contributed by atoms with van der Waals surface area (Å²) < 4.78 is 0. The smallest absolute Gasteiger partial charge is 0.128 e. The maximum absolute atomic E-state index is 4.77. The summed E-state index contributed by atoms with van der Waals surface area (Å²) in [7, 11) is 2.19. The third kappa shape index (κ3) is 3.91. The molecule has 19 heavy (non-hydrogen) atoms. The lowest BCUT2D eigenvalue weighted by molar-refractivity contribution is 0.233. The molecule has 0 amide bonds. The molecule has 4 heteroatoms. The van der Waals surface area contributed by atoms with Crippen LogP contribution in [0, 0.1) is 0 Å². The van der Waals surface area contributed by atoms with Crippen molar-refractivity contribution in [3.8, 4) is 0 Å². The Hall–Kier alpha value is -1.13. The molecular weight excluding hydrogens is 236 g/mol. The van der Waals surface area contributed by atoms with Crippen LogP contribution >= 0.6 is 0 Å². The second kappa shape index (κ2) is 6.87. The van der Waals surface area contributed by atoms with Crippen LogP contribution in [0.2, 0.25) is 0 Å². The molecule has 1 aliphatic rings. The van der Waals surface area contributed by atoms with Crippen molar-refractivity contribution in [2.45, 2.75) is 32.9 Å². The van der Waals surface area contributed by atoms with Crippen LogP contribution in [0.25, 0.3) is 0 Å². The molecule has 1 N–H and O–H groups in total. The Labute approximate surface area is 116 Å². The van der Waals surface area contributed by atoms with Gasteiger partial charge in [0.15, 0.2) is 0 Å². The molecule has 2 rings (SSSR count). The predicted octanol–water partition coefficient (Wildman–Crippen LogP) is 1.72. The molecule has 1 unspecified atom stereocenters. The summed E-state index contributed by atoms with van der Waals surface area (Å²) in [5.74, 6) is 1.12. The molecule has 0 bridgehead atoms. The number of piperazine rings is 1. The molecule has 4 nitrogen and oxygen atoms in total. The molecule has 1 aromatic heterocycles. The van der Waals surface area contributed by atoms with E-state index >= 15 is 0 Å². The van der Waals surface area contributed by atoms with Gasteiger partial charge in [-0.15, -0.1) is 0 Å². The topological polar surface area (TPSA) is 31.4 Å². The highest BCUT2D eigenvalue weighted by Gasteiger charge is 2.21. The van der Waals surface area contributed by atoms with Gasteiger partial charge in [0.05, 0.1) is 5.69 Å². The van der Waals surface area contributed by atoms with Crippen molar-refractivity contribution in [1.82, 2.24) is 15.2 Å². The summed E-state index contributed by atoms with van der Waals surface area (Å²) in [4.78, 5) is 9.58. The van der Waals surface area contributed by atoms with Crippen LogP contribution in [0.15, 0.2) is 18.2 Å². The van der Waals surface area contributed by atoms with Gasteiger partial charge < -0.3 is 15.1 Å². The lowest BCUT2D eigenvalue weighted by atomic mass is 10.2. The number of anilines is 1. The van der Waals surface area contributed by atoms with Gasteiger partial charge in [-0.3, -0.25) is 0 Å². The minimum absolute atomic E-state index is 0.595. The first-order valence-corrected chi connectivity index (χ1v) is 7.32. The molecule has 1 atom stereocenters. The van der Waals surface area contributed by atoms with Crippen LogP contribution < -0.4 is 10.2 Å². The van der Waals surface area contributed by atoms with E-state index in [4.69, 9.17) is 4.98 Å². The number of nitrogens with zero attached hydrogens (tertiary/aromatic N) is 3. The van der Waals surface area contributed by atoms with Crippen molar-refractivity contribution in [2.75, 3.05) is 38.1 Å². The summed E-state index contributed by atoms with van der Waals surface area (Å²) in [5, 5.41) is 3.41. The van der Waals surface area contributed by atoms with Crippen LogP contribution in [0.3, 0.4) is 0 Å². The van der Waals surface area contributed by atoms with Gasteiger partial charge in [-0.1, -0.05) is 13.0 Å². The number of likely N-dealkylation sites (N-methyl/N-ethyl adjacent to an activating group) is 1. The maximum atomic E-state index is 4.77. The number of aromatic nitrogens is 1. The molecule has 1 saturated heterocycles. The van der Waals surface area contributed by atoms with Crippen molar-refractivity contribution in [3.05, 3.63) is 23.9 Å². The van der Waals surface area contributed by atoms with E-state index in [-0.39, 0.29) is 0 Å². The van der Waals surface area contributed by atoms with Gasteiger partial charge in [0, 0.05) is 32.2 Å². The summed E-state index contributed by atoms with van der Waals surface area (Å²) in [6.45, 7) is 9.62. The quantitative estimate of drug-likeness (QED) is 0.819. The Morgan fingerprint density at radius 1 is 1.37 bits per heavy atom. The van der Waals surface area contributed by atoms with Gasteiger partial charge in [0.1, 0.15) is 5.82 Å². The van der Waals surface area contributed by atoms with E-state index in [2.05, 4.69) is 54.2 Å². The molecule has 0 saturated carbocycles. The third-order valence-corrected chi connectivity index (χ3v) is 3.81. The normalized spacial score (nSPS) is 20.8. The molecule has 1 aliphatic heterocycles. The number of nitrogens with one attached hydrogen (secondary N) is 1. The van der Waals surface area contributed by atoms with Crippen molar-refractivity contribution in [2.24, 2.45) is 0 Å². The molecule has 1 fully saturated rings. The standard InChI is InChI=1S/C15H26N4/c1-4-8-16-11-14-6-5-7-15(17-14)19-10-9-18(3)13(2)12-19/h5-7,13,16H,4,8-12H2,1-3H3. The minimum atomic E-state index is 0.595. The van der Waals surface area contributed by atoms with E-state index in [1.165, 1.54) is 0 Å². The fourth-order valence-electron chi connectivity index (χ4n) is 2.39. The van der Waals surface area contributed by atoms with Gasteiger partial charge >= 0.3 is 0 Å². The highest BCUT2D eigenvalue weighted by molar-refractivity contribution is 5.40. The van der Waals surface area contributed by atoms with Crippen molar-refractivity contribution >= 4 is 5.82 Å². The minimum Gasteiger partial charge on any atom is -0.354 e. The fraction of sp³-hybridized carbons (Fsp3) is 0.667. The first kappa shape index (κ1) is 14.3. The SMILES string of the molecule is CCCNCc1cccc(N2CCN(C)C(C)C2)n1. The molecular formula is C15H26N4. The average molecular weight is 262 g/mol. The fourth-order valence-corrected chi connectivity index (χ4v) is 2.39. The van der Waals surface area contributed by atoms with Gasteiger partial charge in [0.25, 0.3) is 0 Å². The van der Waals surface area contributed by atoms with Crippen LogP contribution in [-0.2, 0) is 6.54 Å². The zero-order valence-corrected chi connectivity index (χ0v) is 12.4. The summed E-state index contributed by atoms with van der Waals surface area (Å²) in [6, 6.07) is 6.94. The Bertz CT molecular complexity index is 393. The van der Waals surface area contributed by atoms with Gasteiger partial charge in [-0.25, -0.2) is 4.98 Å². The lowest BCUT2D eigenvalue weighted by Crippen LogP contribution is -2.50. The van der Waals surface area contributed by atoms with E-state index in [0.29, 0.717) is 6.04 Å². The number of pyridine rings is 1. The highest BCUT2D eigenvalue weighted by Crippen LogP contribution is 2.16. The Balaban J connectivity index is 1.98. The first-order valence-electron chi connectivity index (χ1n) is 7.32. The first-order chi connectivity index (χ1) is 9.20. The van der Waals surface area contributed by atoms with Crippen LogP contribution in [0.5, 0.6) is 0 Å². The van der Waals surface area contributed by atoms with Crippen molar-refractivity contribution in [3.63, 3.8) is 0 Å². The van der Waals surface area contributed by atoms with Crippen molar-refractivity contribution in [1.29, 1.82) is 0 Å². The summed E-state index contributed by atoms with van der Waals surface area (Å²) in [5.41, 5.74) is 1.14. The van der Waals surface area contributed by atoms with E-state index in [9.17, 15) is 0 Å². The maximum Gasteiger partial charge on any atom is 0.128 e. The van der Waals surface area contributed by atoms with E-state index < -0.39 is 0 Å². The van der Waals surface area contributed by atoms with Crippen LogP contribution in [0.1, 0.15) is 26.0 Å². The zero-order valence-electron chi connectivity index (χ0n) is 12.4. The van der Waals surface area contributed by atoms with Gasteiger partial charge in [-0.2, -0.15) is 0 Å². The van der Waals surface area contributed by atoms with Gasteiger partial charge in [0.2, 0.25) is 0 Å². The Morgan fingerprint density at radius 2 is 2.21 bits per heavy atom. The summed E-state index contributed by atoms with van der Waals surface area (Å²) >= 11 is 0. The number of hydrogen-bond acceptors (Lipinski definition) is 4. The molecule has 106 valence electrons. The second-order valence-electron chi connectivity index (χ2n) is 5.44. The Kier molecular flexibility index (Phi) is 5.16. The highest BCUT2D eigenvalue weighted by atomic mass is 15.3. The Morgan fingerprint density at radius 3 is 2.95 bits per heavy atom. The zero-order chi connectivity index (χ0) is 13.7. The second-order valence-corrected chi connectivity index (χ2v) is 5.44. The largest absolute Gasteiger partial charge is 0.354 e. The predicted molar refractivity (Wildman–Crippen MR) is 80.5 cm³/mol. The molecule has 0 spiro atoms. The molecule has 1 aromatic rings. The number of hydrogen-bond donors (Lipinski definition) is 1. The third-order valence-electron chi connectivity index (χ3n) is 3.81.